The van der Waals surface area contributed by atoms with Gasteiger partial charge in [-0.25, -0.2) is 0 Å². The first-order valence-corrected chi connectivity index (χ1v) is 13.0. The van der Waals surface area contributed by atoms with Gasteiger partial charge in [0.2, 0.25) is 11.8 Å². The average Bonchev–Trinajstić information content (AvgIpc) is 3.36. The van der Waals surface area contributed by atoms with E-state index in [1.54, 1.807) is 6.08 Å². The number of alkyl halides is 1. The van der Waals surface area contributed by atoms with Crippen LogP contribution < -0.4 is 0 Å². The molecule has 3 saturated heterocycles. The molecule has 0 radical (unpaired) electrons. The molecule has 3 aliphatic heterocycles. The van der Waals surface area contributed by atoms with Crippen LogP contribution in [-0.2, 0) is 19.1 Å². The van der Waals surface area contributed by atoms with Crippen LogP contribution in [0.3, 0.4) is 0 Å². The van der Waals surface area contributed by atoms with Gasteiger partial charge < -0.3 is 24.7 Å². The zero-order valence-electron chi connectivity index (χ0n) is 19.4. The number of nitrogens with zero attached hydrogens (tertiary/aromatic N) is 2. The van der Waals surface area contributed by atoms with Crippen molar-refractivity contribution in [2.75, 3.05) is 13.2 Å². The molecule has 7 atom stereocenters. The van der Waals surface area contributed by atoms with Crippen LogP contribution in [0, 0.1) is 17.8 Å². The predicted molar refractivity (Wildman–Crippen MR) is 125 cm³/mol. The fraction of sp³-hybridized carbons (Fsp3) is 0.792. The highest BCUT2D eigenvalue weighted by atomic mass is 79.9. The highest BCUT2D eigenvalue weighted by Crippen LogP contribution is 2.60. The molecule has 3 unspecified atom stereocenters. The number of rotatable bonds is 8. The van der Waals surface area contributed by atoms with Crippen molar-refractivity contribution in [3.05, 3.63) is 12.7 Å². The summed E-state index contributed by atoms with van der Waals surface area (Å²) in [5.74, 6) is -3.77. The van der Waals surface area contributed by atoms with Gasteiger partial charge in [-0.1, -0.05) is 55.1 Å². The Labute approximate surface area is 203 Å². The van der Waals surface area contributed by atoms with Crippen LogP contribution in [-0.4, -0.2) is 85.6 Å². The van der Waals surface area contributed by atoms with Gasteiger partial charge in [0.25, 0.3) is 0 Å². The van der Waals surface area contributed by atoms with E-state index in [0.29, 0.717) is 13.0 Å². The maximum absolute atomic E-state index is 14.3. The molecule has 184 valence electrons. The summed E-state index contributed by atoms with van der Waals surface area (Å²) in [4.78, 5) is 43.4. The molecule has 0 aromatic heterocycles. The minimum atomic E-state index is -1.22. The zero-order valence-corrected chi connectivity index (χ0v) is 20.9. The fourth-order valence-electron chi connectivity index (χ4n) is 6.71. The number of hydrogen-bond acceptors (Lipinski definition) is 5. The van der Waals surface area contributed by atoms with Gasteiger partial charge in [-0.05, 0) is 25.2 Å². The van der Waals surface area contributed by atoms with E-state index in [4.69, 9.17) is 4.74 Å². The number of hydrogen-bond donors (Lipinski definition) is 2. The summed E-state index contributed by atoms with van der Waals surface area (Å²) >= 11 is 3.57. The lowest BCUT2D eigenvalue weighted by Gasteiger charge is -2.43. The highest BCUT2D eigenvalue weighted by molar-refractivity contribution is 9.09. The molecule has 2 bridgehead atoms. The predicted octanol–water partition coefficient (Wildman–Crippen LogP) is 2.18. The van der Waals surface area contributed by atoms with Crippen LogP contribution in [0.4, 0.5) is 0 Å². The summed E-state index contributed by atoms with van der Waals surface area (Å²) in [6.45, 7) is 7.69. The Hall–Kier alpha value is -1.45. The second-order valence-corrected chi connectivity index (χ2v) is 11.5. The number of ether oxygens (including phenoxy) is 1. The summed E-state index contributed by atoms with van der Waals surface area (Å²) in [6.07, 6.45) is 6.44. The molecule has 8 nitrogen and oxygen atoms in total. The lowest BCUT2D eigenvalue weighted by atomic mass is 9.70. The largest absolute Gasteiger partial charge is 0.481 e. The summed E-state index contributed by atoms with van der Waals surface area (Å²) in [6, 6.07) is -1.52. The van der Waals surface area contributed by atoms with Crippen LogP contribution in [0.5, 0.6) is 0 Å². The van der Waals surface area contributed by atoms with E-state index in [0.717, 1.165) is 32.1 Å². The Morgan fingerprint density at radius 3 is 2.55 bits per heavy atom. The van der Waals surface area contributed by atoms with Gasteiger partial charge >= 0.3 is 5.97 Å². The van der Waals surface area contributed by atoms with Crippen molar-refractivity contribution < 1.29 is 29.3 Å². The van der Waals surface area contributed by atoms with Crippen molar-refractivity contribution in [2.45, 2.75) is 87.0 Å². The van der Waals surface area contributed by atoms with E-state index in [-0.39, 0.29) is 29.3 Å². The van der Waals surface area contributed by atoms with Crippen LogP contribution in [0.15, 0.2) is 12.7 Å². The minimum Gasteiger partial charge on any atom is -0.481 e. The average molecular weight is 527 g/mol. The first-order valence-electron chi connectivity index (χ1n) is 12.1. The van der Waals surface area contributed by atoms with Crippen LogP contribution in [0.1, 0.15) is 52.4 Å². The van der Waals surface area contributed by atoms with Crippen molar-refractivity contribution in [3.63, 3.8) is 0 Å². The molecule has 3 heterocycles. The number of fused-ring (bicyclic) bond motifs is 1. The van der Waals surface area contributed by atoms with Gasteiger partial charge in [-0.15, -0.1) is 6.58 Å². The van der Waals surface area contributed by atoms with E-state index in [9.17, 15) is 24.6 Å². The monoisotopic (exact) mass is 526 g/mol. The SMILES string of the molecule is C=CCN(C(=O)C1N([C@@H](CO)C(C)C)C(=O)[C@@H]2[C@H](C(=O)O)[C@H]3OC12CC3Br)C1CCCCC1. The number of carbonyl (C=O) groups excluding carboxylic acids is 2. The van der Waals surface area contributed by atoms with Gasteiger partial charge in [0.1, 0.15) is 11.6 Å². The van der Waals surface area contributed by atoms with Crippen molar-refractivity contribution in [1.82, 2.24) is 9.80 Å². The molecule has 33 heavy (non-hydrogen) atoms. The third-order valence-corrected chi connectivity index (χ3v) is 9.03. The number of aliphatic hydroxyl groups excluding tert-OH is 1. The summed E-state index contributed by atoms with van der Waals surface area (Å²) in [5.41, 5.74) is -1.22. The summed E-state index contributed by atoms with van der Waals surface area (Å²) in [7, 11) is 0. The first kappa shape index (κ1) is 24.7. The normalized spacial score (nSPS) is 36.8. The van der Waals surface area contributed by atoms with Crippen LogP contribution in [0.2, 0.25) is 0 Å². The van der Waals surface area contributed by atoms with E-state index in [2.05, 4.69) is 22.5 Å². The minimum absolute atomic E-state index is 0.0527. The third-order valence-electron chi connectivity index (χ3n) is 8.18. The van der Waals surface area contributed by atoms with Crippen molar-refractivity contribution in [2.24, 2.45) is 17.8 Å². The Bertz CT molecular complexity index is 815. The smallest absolute Gasteiger partial charge is 0.310 e. The Morgan fingerprint density at radius 1 is 1.33 bits per heavy atom. The number of likely N-dealkylation sites (tertiary alicyclic amines) is 1. The van der Waals surface area contributed by atoms with Gasteiger partial charge in [-0.3, -0.25) is 14.4 Å². The fourth-order valence-corrected chi connectivity index (χ4v) is 7.66. The molecular formula is C24H35BrN2O6. The maximum Gasteiger partial charge on any atom is 0.310 e. The van der Waals surface area contributed by atoms with Gasteiger partial charge in [0, 0.05) is 17.4 Å². The molecule has 4 aliphatic rings. The zero-order chi connectivity index (χ0) is 24.1. The number of aliphatic carboxylic acids is 1. The number of amides is 2. The number of aliphatic hydroxyl groups is 1. The molecule has 9 heteroatoms. The second kappa shape index (κ2) is 9.30. The van der Waals surface area contributed by atoms with Gasteiger partial charge in [-0.2, -0.15) is 0 Å². The van der Waals surface area contributed by atoms with Crippen LogP contribution in [0.25, 0.3) is 0 Å². The number of carboxylic acid groups (broad SMARTS) is 1. The van der Waals surface area contributed by atoms with E-state index in [1.165, 1.54) is 4.90 Å². The lowest BCUT2D eigenvalue weighted by Crippen LogP contribution is -2.61. The molecule has 1 aliphatic carbocycles. The van der Waals surface area contributed by atoms with E-state index < -0.39 is 47.5 Å². The standard InChI is InChI=1S/C24H35BrN2O6/c1-4-10-26(14-8-6-5-7-9-14)22(30)20-24-11-15(25)19(33-24)17(23(31)32)18(24)21(29)27(20)16(12-28)13(2)3/h4,13-20,28H,1,5-12H2,2-3H3,(H,31,32)/t15?,16-,17-,18-,19-,20?,24?/m0/s1. The molecule has 2 N–H and O–H groups in total. The first-order chi connectivity index (χ1) is 15.7. The van der Waals surface area contributed by atoms with E-state index in [1.807, 2.05) is 18.7 Å². The molecular weight excluding hydrogens is 492 g/mol. The topological polar surface area (TPSA) is 107 Å². The molecule has 1 spiro atoms. The molecule has 1 saturated carbocycles. The van der Waals surface area contributed by atoms with Crippen molar-refractivity contribution >= 4 is 33.7 Å². The highest BCUT2D eigenvalue weighted by Gasteiger charge is 2.77. The quantitative estimate of drug-likeness (QED) is 0.370. The Morgan fingerprint density at radius 2 is 2.00 bits per heavy atom. The second-order valence-electron chi connectivity index (χ2n) is 10.3. The maximum atomic E-state index is 14.3. The molecule has 4 rings (SSSR count). The number of carboxylic acids is 1. The third kappa shape index (κ3) is 3.74. The molecule has 4 fully saturated rings. The van der Waals surface area contributed by atoms with Crippen LogP contribution >= 0.6 is 15.9 Å². The van der Waals surface area contributed by atoms with Gasteiger partial charge in [0.05, 0.1) is 30.6 Å². The molecule has 2 amide bonds. The van der Waals surface area contributed by atoms with E-state index >= 15 is 0 Å². The number of halogens is 1. The molecule has 0 aromatic rings. The lowest BCUT2D eigenvalue weighted by molar-refractivity contribution is -0.155. The summed E-state index contributed by atoms with van der Waals surface area (Å²) < 4.78 is 6.35. The Kier molecular flexibility index (Phi) is 6.95. The Balaban J connectivity index is 1.81. The van der Waals surface area contributed by atoms with Gasteiger partial charge in [0.15, 0.2) is 0 Å². The summed E-state index contributed by atoms with van der Waals surface area (Å²) in [5, 5.41) is 20.2. The molecule has 0 aromatic carbocycles. The van der Waals surface area contributed by atoms with Crippen molar-refractivity contribution in [1.29, 1.82) is 0 Å². The number of carbonyl (C=O) groups is 3. The van der Waals surface area contributed by atoms with Crippen molar-refractivity contribution in [3.8, 4) is 0 Å².